The predicted octanol–water partition coefficient (Wildman–Crippen LogP) is 1.51. The van der Waals surface area contributed by atoms with Crippen molar-refractivity contribution in [2.24, 2.45) is 0 Å². The number of hydrogen-bond donors (Lipinski definition) is 2. The van der Waals surface area contributed by atoms with Crippen molar-refractivity contribution in [3.8, 4) is 5.75 Å². The second-order valence-electron chi connectivity index (χ2n) is 7.75. The predicted molar refractivity (Wildman–Crippen MR) is 112 cm³/mol. The van der Waals surface area contributed by atoms with E-state index in [0.717, 1.165) is 12.8 Å². The number of amides is 1. The minimum absolute atomic E-state index is 0.0317. The third-order valence-electron chi connectivity index (χ3n) is 5.91. The van der Waals surface area contributed by atoms with Crippen LogP contribution in [0, 0.1) is 5.82 Å². The van der Waals surface area contributed by atoms with Gasteiger partial charge in [0, 0.05) is 58.3 Å². The van der Waals surface area contributed by atoms with Gasteiger partial charge in [-0.05, 0) is 18.6 Å². The van der Waals surface area contributed by atoms with Crippen molar-refractivity contribution < 1.29 is 32.3 Å². The number of nitrogens with one attached hydrogen (secondary N) is 1. The first-order valence-corrected chi connectivity index (χ1v) is 12.0. The highest BCUT2D eigenvalue weighted by molar-refractivity contribution is 7.91. The van der Waals surface area contributed by atoms with E-state index in [1.165, 1.54) is 15.9 Å². The molecular formula is C20H30FN3O6S. The minimum atomic E-state index is -4.05. The number of hydrogen-bond acceptors (Lipinski definition) is 7. The maximum Gasteiger partial charge on any atom is 0.266 e. The smallest absolute Gasteiger partial charge is 0.266 e. The van der Waals surface area contributed by atoms with Gasteiger partial charge in [-0.1, -0.05) is 13.3 Å². The van der Waals surface area contributed by atoms with Gasteiger partial charge in [-0.2, -0.15) is 4.31 Å². The SMILES string of the molecule is CCCCOc1ccc(N2CCN(S(=O)(=O)C3(C(=O)NO)CCOCC3)CC2)c(F)c1. The van der Waals surface area contributed by atoms with Crippen LogP contribution >= 0.6 is 0 Å². The summed E-state index contributed by atoms with van der Waals surface area (Å²) in [5.41, 5.74) is 1.90. The third-order valence-corrected chi connectivity index (χ3v) is 8.54. The number of anilines is 1. The molecule has 1 aromatic rings. The zero-order chi connectivity index (χ0) is 22.5. The van der Waals surface area contributed by atoms with Gasteiger partial charge in [0.15, 0.2) is 4.75 Å². The number of sulfonamides is 1. The fourth-order valence-corrected chi connectivity index (χ4v) is 6.09. The standard InChI is InChI=1S/C20H30FN3O6S/c1-2-3-12-30-16-4-5-18(17(21)15-16)23-8-10-24(11-9-23)31(27,28)20(19(25)22-26)6-13-29-14-7-20/h4-5,15,26H,2-3,6-14H2,1H3,(H,22,25). The lowest BCUT2D eigenvalue weighted by Crippen LogP contribution is -2.62. The summed E-state index contributed by atoms with van der Waals surface area (Å²) in [6.07, 6.45) is 1.82. The number of carbonyl (C=O) groups excluding carboxylic acids is 1. The lowest BCUT2D eigenvalue weighted by Gasteiger charge is -2.42. The van der Waals surface area contributed by atoms with E-state index in [0.29, 0.717) is 18.0 Å². The number of rotatable bonds is 8. The lowest BCUT2D eigenvalue weighted by atomic mass is 9.98. The quantitative estimate of drug-likeness (QED) is 0.345. The molecule has 9 nitrogen and oxygen atoms in total. The molecule has 3 rings (SSSR count). The van der Waals surface area contributed by atoms with Crippen molar-refractivity contribution in [1.29, 1.82) is 0 Å². The number of unbranched alkanes of at least 4 members (excludes halogenated alkanes) is 1. The van der Waals surface area contributed by atoms with Crippen molar-refractivity contribution in [3.63, 3.8) is 0 Å². The highest BCUT2D eigenvalue weighted by atomic mass is 32.2. The Morgan fingerprint density at radius 3 is 2.52 bits per heavy atom. The van der Waals surface area contributed by atoms with E-state index < -0.39 is 26.5 Å². The van der Waals surface area contributed by atoms with E-state index in [2.05, 4.69) is 0 Å². The van der Waals surface area contributed by atoms with Gasteiger partial charge in [-0.15, -0.1) is 0 Å². The molecule has 2 fully saturated rings. The number of carbonyl (C=O) groups is 1. The first kappa shape index (κ1) is 23.7. The lowest BCUT2D eigenvalue weighted by molar-refractivity contribution is -0.134. The molecule has 2 N–H and O–H groups in total. The van der Waals surface area contributed by atoms with Crippen LogP contribution in [0.1, 0.15) is 32.6 Å². The average molecular weight is 460 g/mol. The summed E-state index contributed by atoms with van der Waals surface area (Å²) in [6, 6.07) is 4.69. The zero-order valence-electron chi connectivity index (χ0n) is 17.7. The first-order valence-electron chi connectivity index (χ1n) is 10.5. The van der Waals surface area contributed by atoms with Crippen molar-refractivity contribution in [3.05, 3.63) is 24.0 Å². The van der Waals surface area contributed by atoms with Crippen LogP contribution in [0.25, 0.3) is 0 Å². The molecule has 0 aliphatic carbocycles. The molecular weight excluding hydrogens is 429 g/mol. The number of piperazine rings is 1. The fourth-order valence-electron chi connectivity index (χ4n) is 3.99. The summed E-state index contributed by atoms with van der Waals surface area (Å²) >= 11 is 0. The average Bonchev–Trinajstić information content (AvgIpc) is 2.79. The van der Waals surface area contributed by atoms with E-state index in [4.69, 9.17) is 14.7 Å². The normalized spacial score (nSPS) is 19.8. The maximum absolute atomic E-state index is 14.6. The van der Waals surface area contributed by atoms with Crippen LogP contribution < -0.4 is 15.1 Å². The molecule has 174 valence electrons. The Kier molecular flexibility index (Phi) is 7.73. The zero-order valence-corrected chi connectivity index (χ0v) is 18.5. The molecule has 1 amide bonds. The summed E-state index contributed by atoms with van der Waals surface area (Å²) in [4.78, 5) is 14.1. The van der Waals surface area contributed by atoms with Crippen molar-refractivity contribution in [2.75, 3.05) is 50.9 Å². The monoisotopic (exact) mass is 459 g/mol. The highest BCUT2D eigenvalue weighted by Crippen LogP contribution is 2.34. The molecule has 11 heteroatoms. The molecule has 31 heavy (non-hydrogen) atoms. The molecule has 0 radical (unpaired) electrons. The number of nitrogens with zero attached hydrogens (tertiary/aromatic N) is 2. The Morgan fingerprint density at radius 2 is 1.94 bits per heavy atom. The van der Waals surface area contributed by atoms with Crippen LogP contribution in [-0.4, -0.2) is 74.6 Å². The molecule has 1 aromatic carbocycles. The van der Waals surface area contributed by atoms with Crippen molar-refractivity contribution >= 4 is 21.6 Å². The molecule has 2 aliphatic rings. The second kappa shape index (κ2) is 10.1. The van der Waals surface area contributed by atoms with Gasteiger partial charge in [0.25, 0.3) is 5.91 Å². The largest absolute Gasteiger partial charge is 0.493 e. The van der Waals surface area contributed by atoms with Gasteiger partial charge < -0.3 is 14.4 Å². The van der Waals surface area contributed by atoms with E-state index in [9.17, 15) is 17.6 Å². The van der Waals surface area contributed by atoms with Gasteiger partial charge in [-0.25, -0.2) is 18.3 Å². The molecule has 0 bridgehead atoms. The number of halogens is 1. The Labute approximate surface area is 182 Å². The Hall–Kier alpha value is -1.95. The number of benzene rings is 1. The summed E-state index contributed by atoms with van der Waals surface area (Å²) in [5, 5.41) is 9.14. The minimum Gasteiger partial charge on any atom is -0.493 e. The number of ether oxygens (including phenoxy) is 2. The van der Waals surface area contributed by atoms with Crippen LogP contribution in [0.15, 0.2) is 18.2 Å². The fraction of sp³-hybridized carbons (Fsp3) is 0.650. The van der Waals surface area contributed by atoms with E-state index in [-0.39, 0.29) is 52.2 Å². The van der Waals surface area contributed by atoms with Crippen molar-refractivity contribution in [2.45, 2.75) is 37.4 Å². The van der Waals surface area contributed by atoms with Gasteiger partial charge in [0.2, 0.25) is 10.0 Å². The Bertz CT molecular complexity index is 868. The molecule has 2 heterocycles. The van der Waals surface area contributed by atoms with E-state index in [1.54, 1.807) is 17.0 Å². The highest BCUT2D eigenvalue weighted by Gasteiger charge is 2.54. The number of hydroxylamine groups is 1. The van der Waals surface area contributed by atoms with Crippen LogP contribution in [0.3, 0.4) is 0 Å². The van der Waals surface area contributed by atoms with Crippen LogP contribution in [0.2, 0.25) is 0 Å². The molecule has 0 aromatic heterocycles. The summed E-state index contributed by atoms with van der Waals surface area (Å²) in [7, 11) is -4.05. The summed E-state index contributed by atoms with van der Waals surface area (Å²) < 4.78 is 51.5. The molecule has 0 spiro atoms. The second-order valence-corrected chi connectivity index (χ2v) is 10.0. The molecule has 0 unspecified atom stereocenters. The maximum atomic E-state index is 14.6. The molecule has 0 saturated carbocycles. The molecule has 2 saturated heterocycles. The topological polar surface area (TPSA) is 108 Å². The Morgan fingerprint density at radius 1 is 1.26 bits per heavy atom. The van der Waals surface area contributed by atoms with Crippen LogP contribution in [-0.2, 0) is 19.6 Å². The van der Waals surface area contributed by atoms with Crippen LogP contribution in [0.5, 0.6) is 5.75 Å². The van der Waals surface area contributed by atoms with Gasteiger partial charge in [-0.3, -0.25) is 10.0 Å². The van der Waals surface area contributed by atoms with Crippen LogP contribution in [0.4, 0.5) is 10.1 Å². The third kappa shape index (κ3) is 4.79. The van der Waals surface area contributed by atoms with Gasteiger partial charge in [0.1, 0.15) is 11.6 Å². The van der Waals surface area contributed by atoms with Crippen molar-refractivity contribution in [1.82, 2.24) is 9.79 Å². The Balaban J connectivity index is 1.69. The first-order chi connectivity index (χ1) is 14.9. The van der Waals surface area contributed by atoms with E-state index >= 15 is 0 Å². The van der Waals surface area contributed by atoms with Gasteiger partial charge >= 0.3 is 0 Å². The van der Waals surface area contributed by atoms with E-state index in [1.807, 2.05) is 6.92 Å². The summed E-state index contributed by atoms with van der Waals surface area (Å²) in [5.74, 6) is -0.902. The molecule has 0 atom stereocenters. The van der Waals surface area contributed by atoms with Gasteiger partial charge in [0.05, 0.1) is 12.3 Å². The molecule has 2 aliphatic heterocycles. The summed E-state index contributed by atoms with van der Waals surface area (Å²) in [6.45, 7) is 3.58.